The predicted molar refractivity (Wildman–Crippen MR) is 68.8 cm³/mol. The van der Waals surface area contributed by atoms with Crippen molar-refractivity contribution in [1.82, 2.24) is 10.2 Å². The highest BCUT2D eigenvalue weighted by Crippen LogP contribution is 2.18. The van der Waals surface area contributed by atoms with Crippen molar-refractivity contribution in [1.29, 1.82) is 0 Å². The van der Waals surface area contributed by atoms with Gasteiger partial charge in [0, 0.05) is 31.8 Å². The number of nitrogens with one attached hydrogen (secondary N) is 1. The normalized spacial score (nSPS) is 24.2. The van der Waals surface area contributed by atoms with Crippen molar-refractivity contribution in [3.63, 3.8) is 0 Å². The summed E-state index contributed by atoms with van der Waals surface area (Å²) in [5, 5.41) is 3.54. The molecule has 1 saturated heterocycles. The van der Waals surface area contributed by atoms with E-state index in [9.17, 15) is 0 Å². The van der Waals surface area contributed by atoms with Gasteiger partial charge in [-0.1, -0.05) is 20.8 Å². The zero-order valence-electron chi connectivity index (χ0n) is 11.3. The predicted octanol–water partition coefficient (Wildman–Crippen LogP) is 1.73. The molecule has 0 aromatic carbocycles. The summed E-state index contributed by atoms with van der Waals surface area (Å²) in [6.45, 7) is 14.0. The topological polar surface area (TPSA) is 24.5 Å². The zero-order valence-corrected chi connectivity index (χ0v) is 11.3. The van der Waals surface area contributed by atoms with E-state index in [1.807, 2.05) is 0 Å². The van der Waals surface area contributed by atoms with Crippen LogP contribution in [0, 0.1) is 5.92 Å². The van der Waals surface area contributed by atoms with Gasteiger partial charge in [0.2, 0.25) is 0 Å². The first kappa shape index (κ1) is 13.9. The molecular weight excluding hydrogens is 200 g/mol. The van der Waals surface area contributed by atoms with Crippen molar-refractivity contribution >= 4 is 0 Å². The van der Waals surface area contributed by atoms with Gasteiger partial charge in [-0.3, -0.25) is 4.90 Å². The number of hydrogen-bond acceptors (Lipinski definition) is 3. The molecule has 1 fully saturated rings. The molecule has 0 aromatic heterocycles. The standard InChI is InChI=1S/C13H28N2O/c1-5-14-12-7-8-15(9-12)13(11(3)4)10-16-6-2/h11-14H,5-10H2,1-4H3. The molecule has 1 N–H and O–H groups in total. The molecule has 0 saturated carbocycles. The minimum absolute atomic E-state index is 0.587. The number of hydrogen-bond donors (Lipinski definition) is 1. The molecule has 16 heavy (non-hydrogen) atoms. The lowest BCUT2D eigenvalue weighted by Gasteiger charge is -2.30. The van der Waals surface area contributed by atoms with Gasteiger partial charge in [0.15, 0.2) is 0 Å². The fourth-order valence-electron chi connectivity index (χ4n) is 2.50. The Bertz CT molecular complexity index is 185. The maximum atomic E-state index is 5.60. The van der Waals surface area contributed by atoms with E-state index in [0.29, 0.717) is 18.0 Å². The van der Waals surface area contributed by atoms with E-state index in [1.165, 1.54) is 19.5 Å². The van der Waals surface area contributed by atoms with Crippen molar-refractivity contribution in [2.24, 2.45) is 5.92 Å². The molecule has 3 nitrogen and oxygen atoms in total. The van der Waals surface area contributed by atoms with Crippen LogP contribution in [0.1, 0.15) is 34.1 Å². The van der Waals surface area contributed by atoms with Gasteiger partial charge in [-0.2, -0.15) is 0 Å². The van der Waals surface area contributed by atoms with E-state index in [1.54, 1.807) is 0 Å². The van der Waals surface area contributed by atoms with E-state index in [4.69, 9.17) is 4.74 Å². The van der Waals surface area contributed by atoms with Crippen LogP contribution in [0.15, 0.2) is 0 Å². The van der Waals surface area contributed by atoms with Crippen molar-refractivity contribution in [3.05, 3.63) is 0 Å². The number of ether oxygens (including phenoxy) is 1. The summed E-state index contributed by atoms with van der Waals surface area (Å²) in [5.41, 5.74) is 0. The highest BCUT2D eigenvalue weighted by molar-refractivity contribution is 4.86. The molecule has 1 aliphatic heterocycles. The second-order valence-electron chi connectivity index (χ2n) is 5.01. The minimum Gasteiger partial charge on any atom is -0.380 e. The number of likely N-dealkylation sites (tertiary alicyclic amines) is 1. The monoisotopic (exact) mass is 228 g/mol. The van der Waals surface area contributed by atoms with E-state index >= 15 is 0 Å². The van der Waals surface area contributed by atoms with Crippen LogP contribution in [0.2, 0.25) is 0 Å². The Labute approximate surface area is 101 Å². The Kier molecular flexibility index (Phi) is 6.32. The van der Waals surface area contributed by atoms with Crippen LogP contribution in [-0.2, 0) is 4.74 Å². The largest absolute Gasteiger partial charge is 0.380 e. The first-order valence-electron chi connectivity index (χ1n) is 6.74. The molecule has 0 radical (unpaired) electrons. The number of likely N-dealkylation sites (N-methyl/N-ethyl adjacent to an activating group) is 1. The van der Waals surface area contributed by atoms with Gasteiger partial charge in [0.25, 0.3) is 0 Å². The quantitative estimate of drug-likeness (QED) is 0.718. The lowest BCUT2D eigenvalue weighted by atomic mass is 10.0. The molecule has 2 unspecified atom stereocenters. The highest BCUT2D eigenvalue weighted by atomic mass is 16.5. The minimum atomic E-state index is 0.587. The number of nitrogens with zero attached hydrogens (tertiary/aromatic N) is 1. The first-order valence-corrected chi connectivity index (χ1v) is 6.74. The van der Waals surface area contributed by atoms with Crippen LogP contribution >= 0.6 is 0 Å². The molecule has 0 bridgehead atoms. The molecule has 1 aliphatic rings. The molecule has 0 aromatic rings. The Morgan fingerprint density at radius 2 is 2.12 bits per heavy atom. The van der Waals surface area contributed by atoms with Gasteiger partial charge in [0.05, 0.1) is 6.61 Å². The summed E-state index contributed by atoms with van der Waals surface area (Å²) >= 11 is 0. The Morgan fingerprint density at radius 1 is 1.38 bits per heavy atom. The van der Waals surface area contributed by atoms with Gasteiger partial charge < -0.3 is 10.1 Å². The van der Waals surface area contributed by atoms with E-state index in [0.717, 1.165) is 19.8 Å². The summed E-state index contributed by atoms with van der Waals surface area (Å²) in [6.07, 6.45) is 1.28. The van der Waals surface area contributed by atoms with Crippen LogP contribution in [0.4, 0.5) is 0 Å². The fourth-order valence-corrected chi connectivity index (χ4v) is 2.50. The second-order valence-corrected chi connectivity index (χ2v) is 5.01. The van der Waals surface area contributed by atoms with Crippen molar-refractivity contribution in [3.8, 4) is 0 Å². The maximum Gasteiger partial charge on any atom is 0.0624 e. The van der Waals surface area contributed by atoms with E-state index in [2.05, 4.69) is 37.9 Å². The van der Waals surface area contributed by atoms with E-state index < -0.39 is 0 Å². The van der Waals surface area contributed by atoms with E-state index in [-0.39, 0.29) is 0 Å². The molecule has 1 rings (SSSR count). The van der Waals surface area contributed by atoms with Crippen molar-refractivity contribution in [2.45, 2.75) is 46.2 Å². The lowest BCUT2D eigenvalue weighted by molar-refractivity contribution is 0.0548. The van der Waals surface area contributed by atoms with Crippen LogP contribution in [-0.4, -0.2) is 49.8 Å². The summed E-state index contributed by atoms with van der Waals surface area (Å²) in [4.78, 5) is 2.59. The van der Waals surface area contributed by atoms with Crippen LogP contribution in [0.25, 0.3) is 0 Å². The molecule has 1 heterocycles. The zero-order chi connectivity index (χ0) is 12.0. The molecular formula is C13H28N2O. The summed E-state index contributed by atoms with van der Waals surface area (Å²) in [7, 11) is 0. The fraction of sp³-hybridized carbons (Fsp3) is 1.00. The van der Waals surface area contributed by atoms with Gasteiger partial charge in [-0.25, -0.2) is 0 Å². The molecule has 2 atom stereocenters. The summed E-state index contributed by atoms with van der Waals surface area (Å²) in [5.74, 6) is 0.673. The van der Waals surface area contributed by atoms with Crippen LogP contribution in [0.3, 0.4) is 0 Å². The smallest absolute Gasteiger partial charge is 0.0624 e. The lowest BCUT2D eigenvalue weighted by Crippen LogP contribution is -2.42. The molecule has 0 aliphatic carbocycles. The Balaban J connectivity index is 2.40. The summed E-state index contributed by atoms with van der Waals surface area (Å²) in [6, 6.07) is 1.27. The maximum absolute atomic E-state index is 5.60. The van der Waals surface area contributed by atoms with Crippen molar-refractivity contribution in [2.75, 3.05) is 32.8 Å². The third-order valence-corrected chi connectivity index (χ3v) is 3.44. The summed E-state index contributed by atoms with van der Waals surface area (Å²) < 4.78 is 5.60. The SMILES string of the molecule is CCNC1CCN(C(COCC)C(C)C)C1. The first-order chi connectivity index (χ1) is 7.69. The van der Waals surface area contributed by atoms with Gasteiger partial charge in [0.1, 0.15) is 0 Å². The Hall–Kier alpha value is -0.120. The van der Waals surface area contributed by atoms with Crippen LogP contribution < -0.4 is 5.32 Å². The molecule has 0 amide bonds. The second kappa shape index (κ2) is 7.25. The third-order valence-electron chi connectivity index (χ3n) is 3.44. The van der Waals surface area contributed by atoms with Gasteiger partial charge in [-0.15, -0.1) is 0 Å². The van der Waals surface area contributed by atoms with Crippen LogP contribution in [0.5, 0.6) is 0 Å². The highest BCUT2D eigenvalue weighted by Gasteiger charge is 2.29. The Morgan fingerprint density at radius 3 is 2.69 bits per heavy atom. The van der Waals surface area contributed by atoms with Gasteiger partial charge in [-0.05, 0) is 25.8 Å². The number of rotatable bonds is 7. The average molecular weight is 228 g/mol. The average Bonchev–Trinajstić information content (AvgIpc) is 2.67. The molecule has 3 heteroatoms. The molecule has 0 spiro atoms. The van der Waals surface area contributed by atoms with Crippen molar-refractivity contribution < 1.29 is 4.74 Å². The third kappa shape index (κ3) is 4.04. The van der Waals surface area contributed by atoms with Gasteiger partial charge >= 0.3 is 0 Å². The molecule has 96 valence electrons.